The Bertz CT molecular complexity index is 1710. The van der Waals surface area contributed by atoms with Gasteiger partial charge in [-0.15, -0.1) is 0 Å². The average Bonchev–Trinajstić information content (AvgIpc) is 2.78. The SMILES string of the molecule is CCCCC/C=C\C/C=C\C/C=C\C/C=C\CCCCCCC(O)C(=O)NC(COC1OC(CO)C(O)C(O)C1OC(=O)CCCCCCCCCCCCCCCCCCC/C=C/CCCCCCCC)C(O)/C=C/CCCCCCCCCCCC. The highest BCUT2D eigenvalue weighted by atomic mass is 16.7. The monoisotopic (exact) mass is 1240 g/mol. The minimum atomic E-state index is -1.62. The third-order valence-corrected chi connectivity index (χ3v) is 17.3. The van der Waals surface area contributed by atoms with Gasteiger partial charge in [-0.1, -0.05) is 312 Å². The molecule has 11 nitrogen and oxygen atoms in total. The first-order valence-corrected chi connectivity index (χ1v) is 37.2. The van der Waals surface area contributed by atoms with Crippen molar-refractivity contribution in [3.05, 3.63) is 72.9 Å². The molecular weight excluding hydrogens is 1100 g/mol. The van der Waals surface area contributed by atoms with Crippen molar-refractivity contribution in [3.8, 4) is 0 Å². The van der Waals surface area contributed by atoms with Crippen LogP contribution in [0.3, 0.4) is 0 Å². The van der Waals surface area contributed by atoms with Gasteiger partial charge < -0.3 is 45.1 Å². The zero-order chi connectivity index (χ0) is 63.9. The third kappa shape index (κ3) is 50.7. The predicted molar refractivity (Wildman–Crippen MR) is 370 cm³/mol. The van der Waals surface area contributed by atoms with Crippen molar-refractivity contribution in [2.24, 2.45) is 0 Å². The maximum atomic E-state index is 13.5. The fourth-order valence-electron chi connectivity index (χ4n) is 11.5. The van der Waals surface area contributed by atoms with Crippen LogP contribution in [0.2, 0.25) is 0 Å². The molecule has 11 heteroatoms. The van der Waals surface area contributed by atoms with Crippen molar-refractivity contribution >= 4 is 11.9 Å². The molecule has 1 amide bonds. The fourth-order valence-corrected chi connectivity index (χ4v) is 11.5. The largest absolute Gasteiger partial charge is 0.454 e. The molecule has 0 aromatic rings. The van der Waals surface area contributed by atoms with E-state index in [9.17, 15) is 35.1 Å². The Balaban J connectivity index is 2.54. The summed E-state index contributed by atoms with van der Waals surface area (Å²) in [5.74, 6) is -1.20. The number of allylic oxidation sites excluding steroid dienone is 11. The Morgan fingerprint density at radius 2 is 0.784 bits per heavy atom. The molecule has 0 bridgehead atoms. The zero-order valence-electron chi connectivity index (χ0n) is 57.1. The highest BCUT2D eigenvalue weighted by Crippen LogP contribution is 2.26. The van der Waals surface area contributed by atoms with Gasteiger partial charge in [0.2, 0.25) is 5.91 Å². The topological polar surface area (TPSA) is 175 Å². The molecule has 88 heavy (non-hydrogen) atoms. The standard InChI is InChI=1S/C77H139NO10/c1-4-7-10-13-16-19-22-25-27-29-31-33-34-35-36-37-38-39-41-43-45-47-50-53-56-59-62-65-72(82)88-75-74(84)73(83)71(66-79)87-77(75)86-67-68(69(80)63-60-57-54-51-48-24-21-18-15-12-9-6-3)78-76(85)70(81)64-61-58-55-52-49-46-44-42-40-32-30-28-26-23-20-17-14-11-8-5-2/h17,20,25-28,32,40,44,46,60,63,68-71,73-75,77,79-81,83-84H,4-16,18-19,21-24,29-31,33-39,41-43,45,47-59,61-62,64-67H2,1-3H3,(H,78,85)/b20-17-,27-25+,28-26-,40-32-,46-44-,63-60+. The molecule has 1 saturated heterocycles. The lowest BCUT2D eigenvalue weighted by Crippen LogP contribution is -2.61. The van der Waals surface area contributed by atoms with E-state index in [-0.39, 0.29) is 19.4 Å². The van der Waals surface area contributed by atoms with E-state index in [1.54, 1.807) is 6.08 Å². The smallest absolute Gasteiger partial charge is 0.306 e. The van der Waals surface area contributed by atoms with Crippen LogP contribution in [0.25, 0.3) is 0 Å². The molecule has 0 spiro atoms. The summed E-state index contributed by atoms with van der Waals surface area (Å²) in [5, 5.41) is 57.3. The van der Waals surface area contributed by atoms with E-state index in [2.05, 4.69) is 86.8 Å². The molecule has 0 radical (unpaired) electrons. The van der Waals surface area contributed by atoms with Gasteiger partial charge in [0.25, 0.3) is 0 Å². The molecule has 8 unspecified atom stereocenters. The van der Waals surface area contributed by atoms with Gasteiger partial charge in [-0.25, -0.2) is 0 Å². The Kier molecular flexibility index (Phi) is 60.6. The van der Waals surface area contributed by atoms with Gasteiger partial charge in [0, 0.05) is 6.42 Å². The summed E-state index contributed by atoms with van der Waals surface area (Å²) in [5.41, 5.74) is 0. The number of aliphatic hydroxyl groups excluding tert-OH is 5. The van der Waals surface area contributed by atoms with Crippen LogP contribution in [-0.2, 0) is 23.8 Å². The summed E-state index contributed by atoms with van der Waals surface area (Å²) in [6.07, 6.45) is 73.8. The summed E-state index contributed by atoms with van der Waals surface area (Å²) in [4.78, 5) is 26.7. The first-order valence-electron chi connectivity index (χ1n) is 37.2. The summed E-state index contributed by atoms with van der Waals surface area (Å²) in [6, 6.07) is -1.04. The second-order valence-corrected chi connectivity index (χ2v) is 25.7. The molecule has 0 aromatic carbocycles. The van der Waals surface area contributed by atoms with E-state index >= 15 is 0 Å². The number of amides is 1. The van der Waals surface area contributed by atoms with Crippen LogP contribution >= 0.6 is 0 Å². The molecule has 1 rings (SSSR count). The van der Waals surface area contributed by atoms with Crippen molar-refractivity contribution in [2.75, 3.05) is 13.2 Å². The van der Waals surface area contributed by atoms with E-state index in [1.807, 2.05) is 6.08 Å². The molecule has 512 valence electrons. The Morgan fingerprint density at radius 3 is 1.20 bits per heavy atom. The highest BCUT2D eigenvalue weighted by Gasteiger charge is 2.47. The molecule has 6 N–H and O–H groups in total. The first-order chi connectivity index (χ1) is 43.2. The van der Waals surface area contributed by atoms with Crippen molar-refractivity contribution in [1.29, 1.82) is 0 Å². The number of hydrogen-bond acceptors (Lipinski definition) is 10. The van der Waals surface area contributed by atoms with Gasteiger partial charge in [0.15, 0.2) is 12.4 Å². The lowest BCUT2D eigenvalue weighted by Gasteiger charge is -2.41. The molecule has 1 fully saturated rings. The van der Waals surface area contributed by atoms with E-state index in [1.165, 1.54) is 212 Å². The van der Waals surface area contributed by atoms with E-state index in [4.69, 9.17) is 14.2 Å². The average molecular weight is 1240 g/mol. The quantitative estimate of drug-likeness (QED) is 0.0195. The van der Waals surface area contributed by atoms with Crippen molar-refractivity contribution in [1.82, 2.24) is 5.32 Å². The number of nitrogens with one attached hydrogen (secondary N) is 1. The minimum Gasteiger partial charge on any atom is -0.454 e. The Labute approximate surface area is 541 Å². The second-order valence-electron chi connectivity index (χ2n) is 25.7. The Hall–Kier alpha value is -2.90. The summed E-state index contributed by atoms with van der Waals surface area (Å²) < 4.78 is 17.7. The number of esters is 1. The maximum Gasteiger partial charge on any atom is 0.306 e. The lowest BCUT2D eigenvalue weighted by molar-refractivity contribution is -0.305. The Morgan fingerprint density at radius 1 is 0.443 bits per heavy atom. The van der Waals surface area contributed by atoms with Gasteiger partial charge in [-0.3, -0.25) is 9.59 Å². The number of rotatable bonds is 64. The number of ether oxygens (including phenoxy) is 3. The van der Waals surface area contributed by atoms with Crippen LogP contribution in [0, 0.1) is 0 Å². The molecule has 0 aromatic heterocycles. The first kappa shape index (κ1) is 83.1. The molecular formula is C77H139NO10. The van der Waals surface area contributed by atoms with E-state index in [0.29, 0.717) is 12.8 Å². The highest BCUT2D eigenvalue weighted by molar-refractivity contribution is 5.80. The normalized spacial score (nSPS) is 18.6. The number of unbranched alkanes of at least 4 members (excludes halogenated alkanes) is 40. The molecule has 8 atom stereocenters. The number of hydrogen-bond donors (Lipinski definition) is 6. The van der Waals surface area contributed by atoms with Gasteiger partial charge >= 0.3 is 5.97 Å². The minimum absolute atomic E-state index is 0.122. The van der Waals surface area contributed by atoms with Crippen molar-refractivity contribution < 1.29 is 49.3 Å². The van der Waals surface area contributed by atoms with Gasteiger partial charge in [0.1, 0.15) is 24.4 Å². The van der Waals surface area contributed by atoms with E-state index in [0.717, 1.165) is 83.5 Å². The summed E-state index contributed by atoms with van der Waals surface area (Å²) >= 11 is 0. The third-order valence-electron chi connectivity index (χ3n) is 17.3. The zero-order valence-corrected chi connectivity index (χ0v) is 57.1. The lowest BCUT2D eigenvalue weighted by atomic mass is 9.99. The van der Waals surface area contributed by atoms with Crippen LogP contribution in [0.1, 0.15) is 342 Å². The maximum absolute atomic E-state index is 13.5. The molecule has 1 aliphatic heterocycles. The van der Waals surface area contributed by atoms with E-state index < -0.39 is 67.4 Å². The second kappa shape index (κ2) is 64.2. The molecule has 1 aliphatic rings. The number of aliphatic hydroxyl groups is 5. The molecule has 0 aliphatic carbocycles. The van der Waals surface area contributed by atoms with Crippen molar-refractivity contribution in [2.45, 2.75) is 391 Å². The number of carbonyl (C=O) groups is 2. The summed E-state index contributed by atoms with van der Waals surface area (Å²) in [7, 11) is 0. The summed E-state index contributed by atoms with van der Waals surface area (Å²) in [6.45, 7) is 5.79. The fraction of sp³-hybridized carbons (Fsp3) is 0.818. The van der Waals surface area contributed by atoms with Crippen LogP contribution in [0.15, 0.2) is 72.9 Å². The van der Waals surface area contributed by atoms with Crippen LogP contribution < -0.4 is 5.32 Å². The van der Waals surface area contributed by atoms with Crippen LogP contribution in [0.4, 0.5) is 0 Å². The van der Waals surface area contributed by atoms with Gasteiger partial charge in [-0.05, 0) is 96.3 Å². The van der Waals surface area contributed by atoms with Crippen LogP contribution in [0.5, 0.6) is 0 Å². The van der Waals surface area contributed by atoms with Crippen LogP contribution in [-0.4, -0.2) is 99.6 Å². The molecule has 0 saturated carbocycles. The van der Waals surface area contributed by atoms with Crippen molar-refractivity contribution in [3.63, 3.8) is 0 Å². The predicted octanol–water partition coefficient (Wildman–Crippen LogP) is 19.5. The van der Waals surface area contributed by atoms with Gasteiger partial charge in [0.05, 0.1) is 25.4 Å². The molecule has 1 heterocycles. The number of carbonyl (C=O) groups excluding carboxylic acids is 2. The van der Waals surface area contributed by atoms with Gasteiger partial charge in [-0.2, -0.15) is 0 Å².